The van der Waals surface area contributed by atoms with E-state index < -0.39 is 11.7 Å². The predicted octanol–water partition coefficient (Wildman–Crippen LogP) is 0.567. The van der Waals surface area contributed by atoms with Crippen molar-refractivity contribution in [3.8, 4) is 0 Å². The SMILES string of the molecule is CC(C)CNC(=O)C(C)n1c(=O)[nH][nH]c1=S. The predicted molar refractivity (Wildman–Crippen MR) is 62.8 cm³/mol. The van der Waals surface area contributed by atoms with E-state index in [0.29, 0.717) is 12.5 Å². The molecular formula is C9H16N4O2S. The Morgan fingerprint density at radius 2 is 2.06 bits per heavy atom. The van der Waals surface area contributed by atoms with Gasteiger partial charge in [0.15, 0.2) is 4.77 Å². The van der Waals surface area contributed by atoms with Gasteiger partial charge < -0.3 is 5.32 Å². The summed E-state index contributed by atoms with van der Waals surface area (Å²) in [5.41, 5.74) is -0.405. The van der Waals surface area contributed by atoms with Gasteiger partial charge in [0.25, 0.3) is 0 Å². The molecule has 0 bridgehead atoms. The van der Waals surface area contributed by atoms with Gasteiger partial charge in [-0.1, -0.05) is 13.8 Å². The first-order chi connectivity index (χ1) is 7.43. The minimum atomic E-state index is -0.610. The summed E-state index contributed by atoms with van der Waals surface area (Å²) in [6.45, 7) is 6.22. The number of hydrogen-bond acceptors (Lipinski definition) is 3. The molecular weight excluding hydrogens is 228 g/mol. The Kier molecular flexibility index (Phi) is 4.05. The lowest BCUT2D eigenvalue weighted by atomic mass is 10.2. The molecule has 1 rings (SSSR count). The molecule has 16 heavy (non-hydrogen) atoms. The summed E-state index contributed by atoms with van der Waals surface area (Å²) < 4.78 is 1.43. The van der Waals surface area contributed by atoms with Crippen molar-refractivity contribution in [1.29, 1.82) is 0 Å². The topological polar surface area (TPSA) is 82.7 Å². The maximum absolute atomic E-state index is 11.7. The molecule has 1 heterocycles. The molecule has 6 nitrogen and oxygen atoms in total. The van der Waals surface area contributed by atoms with Gasteiger partial charge in [0.05, 0.1) is 0 Å². The van der Waals surface area contributed by atoms with Gasteiger partial charge in [0, 0.05) is 6.54 Å². The molecule has 90 valence electrons. The fourth-order valence-electron chi connectivity index (χ4n) is 1.24. The van der Waals surface area contributed by atoms with E-state index in [1.54, 1.807) is 6.92 Å². The van der Waals surface area contributed by atoms with Crippen molar-refractivity contribution in [2.24, 2.45) is 5.92 Å². The number of rotatable bonds is 4. The minimum Gasteiger partial charge on any atom is -0.354 e. The van der Waals surface area contributed by atoms with Crippen LogP contribution in [-0.4, -0.2) is 27.2 Å². The van der Waals surface area contributed by atoms with Crippen molar-refractivity contribution >= 4 is 18.1 Å². The first-order valence-electron chi connectivity index (χ1n) is 5.10. The van der Waals surface area contributed by atoms with E-state index in [2.05, 4.69) is 15.5 Å². The van der Waals surface area contributed by atoms with Crippen LogP contribution in [-0.2, 0) is 4.79 Å². The van der Waals surface area contributed by atoms with Gasteiger partial charge in [-0.25, -0.2) is 9.89 Å². The van der Waals surface area contributed by atoms with Crippen LogP contribution in [0.3, 0.4) is 0 Å². The van der Waals surface area contributed by atoms with Crippen LogP contribution in [0.2, 0.25) is 0 Å². The summed E-state index contributed by atoms with van der Waals surface area (Å²) in [5, 5.41) is 7.59. The normalized spacial score (nSPS) is 12.8. The lowest BCUT2D eigenvalue weighted by Gasteiger charge is -2.13. The molecule has 0 saturated heterocycles. The number of nitrogens with one attached hydrogen (secondary N) is 3. The number of aromatic amines is 2. The molecule has 0 aliphatic carbocycles. The second-order valence-corrected chi connectivity index (χ2v) is 4.43. The van der Waals surface area contributed by atoms with E-state index in [9.17, 15) is 9.59 Å². The van der Waals surface area contributed by atoms with Crippen LogP contribution in [0.5, 0.6) is 0 Å². The summed E-state index contributed by atoms with van der Waals surface area (Å²) in [5.74, 6) is 0.156. The van der Waals surface area contributed by atoms with Crippen molar-refractivity contribution in [1.82, 2.24) is 20.1 Å². The highest BCUT2D eigenvalue weighted by atomic mass is 32.1. The maximum Gasteiger partial charge on any atom is 0.343 e. The highest BCUT2D eigenvalue weighted by Gasteiger charge is 2.17. The quantitative estimate of drug-likeness (QED) is 0.677. The van der Waals surface area contributed by atoms with E-state index in [0.717, 1.165) is 0 Å². The molecule has 7 heteroatoms. The number of hydrogen-bond donors (Lipinski definition) is 3. The van der Waals surface area contributed by atoms with Crippen LogP contribution in [0.1, 0.15) is 26.8 Å². The van der Waals surface area contributed by atoms with Gasteiger partial charge in [-0.3, -0.25) is 14.5 Å². The van der Waals surface area contributed by atoms with Crippen LogP contribution < -0.4 is 11.0 Å². The maximum atomic E-state index is 11.7. The molecule has 1 aromatic heterocycles. The summed E-state index contributed by atoms with van der Waals surface area (Å²) in [7, 11) is 0. The molecule has 0 aliphatic rings. The van der Waals surface area contributed by atoms with Gasteiger partial charge >= 0.3 is 5.69 Å². The highest BCUT2D eigenvalue weighted by molar-refractivity contribution is 7.71. The van der Waals surface area contributed by atoms with E-state index >= 15 is 0 Å². The number of nitrogens with zero attached hydrogens (tertiary/aromatic N) is 1. The number of aromatic nitrogens is 3. The van der Waals surface area contributed by atoms with Crippen molar-refractivity contribution in [3.05, 3.63) is 15.3 Å². The summed E-state index contributed by atoms with van der Waals surface area (Å²) in [6.07, 6.45) is 0. The Morgan fingerprint density at radius 3 is 2.50 bits per heavy atom. The lowest BCUT2D eigenvalue weighted by molar-refractivity contribution is -0.124. The molecule has 0 spiro atoms. The van der Waals surface area contributed by atoms with Crippen LogP contribution in [0.25, 0.3) is 0 Å². The zero-order valence-corrected chi connectivity index (χ0v) is 10.4. The van der Waals surface area contributed by atoms with E-state index in [-0.39, 0.29) is 10.7 Å². The van der Waals surface area contributed by atoms with Crippen LogP contribution in [0.4, 0.5) is 0 Å². The van der Waals surface area contributed by atoms with E-state index in [1.165, 1.54) is 4.57 Å². The van der Waals surface area contributed by atoms with Gasteiger partial charge in [0.1, 0.15) is 6.04 Å². The average molecular weight is 244 g/mol. The lowest BCUT2D eigenvalue weighted by Crippen LogP contribution is -2.36. The van der Waals surface area contributed by atoms with Crippen LogP contribution in [0, 0.1) is 10.7 Å². The molecule has 0 fully saturated rings. The largest absolute Gasteiger partial charge is 0.354 e. The zero-order valence-electron chi connectivity index (χ0n) is 9.53. The van der Waals surface area contributed by atoms with E-state index in [1.807, 2.05) is 13.8 Å². The van der Waals surface area contributed by atoms with Crippen molar-refractivity contribution in [2.75, 3.05) is 6.54 Å². The Morgan fingerprint density at radius 1 is 1.44 bits per heavy atom. The van der Waals surface area contributed by atoms with Gasteiger partial charge in [-0.2, -0.15) is 0 Å². The number of carbonyl (C=O) groups is 1. The molecule has 0 radical (unpaired) electrons. The smallest absolute Gasteiger partial charge is 0.343 e. The first kappa shape index (κ1) is 12.7. The summed E-state index contributed by atoms with van der Waals surface area (Å²) in [4.78, 5) is 23.1. The highest BCUT2D eigenvalue weighted by Crippen LogP contribution is 2.02. The monoisotopic (exact) mass is 244 g/mol. The third-order valence-electron chi connectivity index (χ3n) is 2.17. The molecule has 1 aromatic rings. The molecule has 0 aromatic carbocycles. The molecule has 1 amide bonds. The fraction of sp³-hybridized carbons (Fsp3) is 0.667. The first-order valence-corrected chi connectivity index (χ1v) is 5.51. The van der Waals surface area contributed by atoms with Gasteiger partial charge in [0.2, 0.25) is 5.91 Å². The minimum absolute atomic E-state index is 0.213. The Bertz CT molecular complexity index is 443. The average Bonchev–Trinajstić information content (AvgIpc) is 2.54. The van der Waals surface area contributed by atoms with Gasteiger partial charge in [-0.15, -0.1) is 0 Å². The summed E-state index contributed by atoms with van der Waals surface area (Å²) >= 11 is 4.90. The number of H-pyrrole nitrogens is 2. The second kappa shape index (κ2) is 5.11. The Labute approximate surface area is 98.0 Å². The molecule has 0 saturated carbocycles. The Balaban J connectivity index is 2.79. The number of carbonyl (C=O) groups excluding carboxylic acids is 1. The van der Waals surface area contributed by atoms with Crippen molar-refractivity contribution < 1.29 is 4.79 Å². The third kappa shape index (κ3) is 2.82. The molecule has 3 N–H and O–H groups in total. The second-order valence-electron chi connectivity index (χ2n) is 4.05. The fourth-order valence-corrected chi connectivity index (χ4v) is 1.53. The third-order valence-corrected chi connectivity index (χ3v) is 2.46. The Hall–Kier alpha value is -1.37. The molecule has 1 unspecified atom stereocenters. The van der Waals surface area contributed by atoms with E-state index in [4.69, 9.17) is 12.2 Å². The zero-order chi connectivity index (χ0) is 12.3. The number of amides is 1. The van der Waals surface area contributed by atoms with Crippen LogP contribution in [0.15, 0.2) is 4.79 Å². The van der Waals surface area contributed by atoms with Crippen molar-refractivity contribution in [3.63, 3.8) is 0 Å². The summed E-state index contributed by atoms with van der Waals surface area (Å²) in [6, 6.07) is -0.610. The van der Waals surface area contributed by atoms with Gasteiger partial charge in [-0.05, 0) is 25.1 Å². The standard InChI is InChI=1S/C9H16N4O2S/c1-5(2)4-10-7(14)6(3)13-8(15)11-12-9(13)16/h5-6H,4H2,1-3H3,(H,10,14)(H,11,15)(H,12,16). The van der Waals surface area contributed by atoms with Crippen molar-refractivity contribution in [2.45, 2.75) is 26.8 Å². The van der Waals surface area contributed by atoms with Crippen LogP contribution >= 0.6 is 12.2 Å². The molecule has 0 aliphatic heterocycles. The molecule has 1 atom stereocenters.